The van der Waals surface area contributed by atoms with E-state index in [0.717, 1.165) is 43.7 Å². The van der Waals surface area contributed by atoms with Gasteiger partial charge in [-0.15, -0.1) is 0 Å². The van der Waals surface area contributed by atoms with Crippen molar-refractivity contribution in [3.05, 3.63) is 16.5 Å². The van der Waals surface area contributed by atoms with Crippen LogP contribution in [0.25, 0.3) is 0 Å². The summed E-state index contributed by atoms with van der Waals surface area (Å²) in [5, 5.41) is 0.499. The topological polar surface area (TPSA) is 44.2 Å². The van der Waals surface area contributed by atoms with E-state index in [1.165, 1.54) is 0 Å². The molecule has 106 valence electrons. The standard InChI is InChI=1S/C14H21ClN2O2/c1-3-4-7-18-8-9-19-14-10(2)12(15)16-13(17-14)11-5-6-11/h11H,3-9H2,1-2H3. The zero-order chi connectivity index (χ0) is 13.7. The Bertz CT molecular complexity index is 422. The van der Waals surface area contributed by atoms with Gasteiger partial charge < -0.3 is 9.47 Å². The maximum Gasteiger partial charge on any atom is 0.221 e. The van der Waals surface area contributed by atoms with Crippen molar-refractivity contribution in [2.45, 2.75) is 45.4 Å². The molecule has 0 spiro atoms. The van der Waals surface area contributed by atoms with Gasteiger partial charge in [-0.3, -0.25) is 0 Å². The Kier molecular flexibility index (Phi) is 5.40. The average Bonchev–Trinajstić information content (AvgIpc) is 3.22. The molecule has 1 fully saturated rings. The van der Waals surface area contributed by atoms with E-state index in [9.17, 15) is 0 Å². The molecule has 0 unspecified atom stereocenters. The minimum atomic E-state index is 0.473. The van der Waals surface area contributed by atoms with Crippen molar-refractivity contribution in [1.82, 2.24) is 9.97 Å². The van der Waals surface area contributed by atoms with Crippen LogP contribution in [0.4, 0.5) is 0 Å². The summed E-state index contributed by atoms with van der Waals surface area (Å²) in [5.74, 6) is 1.89. The lowest BCUT2D eigenvalue weighted by Gasteiger charge is -2.10. The van der Waals surface area contributed by atoms with Crippen LogP contribution in [-0.4, -0.2) is 29.8 Å². The molecule has 0 bridgehead atoms. The number of halogens is 1. The molecule has 0 aromatic carbocycles. The van der Waals surface area contributed by atoms with Crippen LogP contribution in [0.5, 0.6) is 5.88 Å². The van der Waals surface area contributed by atoms with Crippen LogP contribution in [0.2, 0.25) is 5.15 Å². The Morgan fingerprint density at radius 2 is 2.00 bits per heavy atom. The second kappa shape index (κ2) is 7.06. The van der Waals surface area contributed by atoms with E-state index < -0.39 is 0 Å². The van der Waals surface area contributed by atoms with E-state index in [4.69, 9.17) is 21.1 Å². The summed E-state index contributed by atoms with van der Waals surface area (Å²) in [4.78, 5) is 8.76. The average molecular weight is 285 g/mol. The summed E-state index contributed by atoms with van der Waals surface area (Å²) in [5.41, 5.74) is 0.805. The van der Waals surface area contributed by atoms with Gasteiger partial charge in [0.25, 0.3) is 0 Å². The monoisotopic (exact) mass is 284 g/mol. The molecule has 0 aliphatic heterocycles. The summed E-state index contributed by atoms with van der Waals surface area (Å²) in [6, 6.07) is 0. The number of hydrogen-bond donors (Lipinski definition) is 0. The molecule has 5 heteroatoms. The van der Waals surface area contributed by atoms with Crippen molar-refractivity contribution in [3.63, 3.8) is 0 Å². The molecule has 1 saturated carbocycles. The Morgan fingerprint density at radius 3 is 2.68 bits per heavy atom. The second-order valence-electron chi connectivity index (χ2n) is 4.89. The molecular formula is C14H21ClN2O2. The first-order valence-electron chi connectivity index (χ1n) is 6.97. The van der Waals surface area contributed by atoms with Crippen LogP contribution in [0, 0.1) is 6.92 Å². The fourth-order valence-electron chi connectivity index (χ4n) is 1.70. The molecule has 1 heterocycles. The Hall–Kier alpha value is -0.870. The maximum atomic E-state index is 6.11. The quantitative estimate of drug-likeness (QED) is 0.541. The highest BCUT2D eigenvalue weighted by Crippen LogP contribution is 2.39. The number of aromatic nitrogens is 2. The predicted molar refractivity (Wildman–Crippen MR) is 75.0 cm³/mol. The molecule has 19 heavy (non-hydrogen) atoms. The van der Waals surface area contributed by atoms with Gasteiger partial charge in [0.05, 0.1) is 6.61 Å². The molecule has 0 amide bonds. The summed E-state index contributed by atoms with van der Waals surface area (Å²) in [6.07, 6.45) is 4.54. The van der Waals surface area contributed by atoms with E-state index in [0.29, 0.717) is 30.2 Å². The lowest BCUT2D eigenvalue weighted by atomic mass is 10.3. The Labute approximate surface area is 119 Å². The van der Waals surface area contributed by atoms with Gasteiger partial charge in [-0.05, 0) is 26.2 Å². The van der Waals surface area contributed by atoms with Crippen LogP contribution in [0.15, 0.2) is 0 Å². The van der Waals surface area contributed by atoms with Crippen LogP contribution >= 0.6 is 11.6 Å². The third-order valence-electron chi connectivity index (χ3n) is 3.11. The number of nitrogens with zero attached hydrogens (tertiary/aromatic N) is 2. The van der Waals surface area contributed by atoms with Gasteiger partial charge in [-0.1, -0.05) is 24.9 Å². The molecule has 1 aromatic rings. The summed E-state index contributed by atoms with van der Waals surface area (Å²) in [6.45, 7) is 5.90. The molecule has 2 rings (SSSR count). The number of rotatable bonds is 8. The van der Waals surface area contributed by atoms with Crippen LogP contribution in [0.3, 0.4) is 0 Å². The van der Waals surface area contributed by atoms with E-state index in [1.807, 2.05) is 6.92 Å². The van der Waals surface area contributed by atoms with E-state index in [2.05, 4.69) is 16.9 Å². The molecule has 1 aliphatic carbocycles. The molecular weight excluding hydrogens is 264 g/mol. The Balaban J connectivity index is 1.84. The summed E-state index contributed by atoms with van der Waals surface area (Å²) >= 11 is 6.11. The zero-order valence-electron chi connectivity index (χ0n) is 11.6. The molecule has 4 nitrogen and oxygen atoms in total. The molecule has 0 saturated heterocycles. The fraction of sp³-hybridized carbons (Fsp3) is 0.714. The van der Waals surface area contributed by atoms with Crippen LogP contribution < -0.4 is 4.74 Å². The van der Waals surface area contributed by atoms with Gasteiger partial charge in [0, 0.05) is 18.1 Å². The van der Waals surface area contributed by atoms with Gasteiger partial charge in [0.15, 0.2) is 0 Å². The fourth-order valence-corrected chi connectivity index (χ4v) is 1.86. The van der Waals surface area contributed by atoms with Gasteiger partial charge in [0.1, 0.15) is 17.6 Å². The van der Waals surface area contributed by atoms with Crippen molar-refractivity contribution < 1.29 is 9.47 Å². The highest BCUT2D eigenvalue weighted by molar-refractivity contribution is 6.30. The van der Waals surface area contributed by atoms with E-state index in [1.54, 1.807) is 0 Å². The SMILES string of the molecule is CCCCOCCOc1nc(C2CC2)nc(Cl)c1C. The largest absolute Gasteiger partial charge is 0.475 e. The van der Waals surface area contributed by atoms with Gasteiger partial charge in [0.2, 0.25) is 5.88 Å². The van der Waals surface area contributed by atoms with Crippen molar-refractivity contribution in [1.29, 1.82) is 0 Å². The lowest BCUT2D eigenvalue weighted by Crippen LogP contribution is -2.10. The zero-order valence-corrected chi connectivity index (χ0v) is 12.4. The molecule has 0 radical (unpaired) electrons. The summed E-state index contributed by atoms with van der Waals surface area (Å²) < 4.78 is 11.1. The third-order valence-corrected chi connectivity index (χ3v) is 3.48. The third kappa shape index (κ3) is 4.32. The normalized spacial score (nSPS) is 14.7. The highest BCUT2D eigenvalue weighted by Gasteiger charge is 2.28. The van der Waals surface area contributed by atoms with E-state index >= 15 is 0 Å². The number of ether oxygens (including phenoxy) is 2. The smallest absolute Gasteiger partial charge is 0.221 e. The second-order valence-corrected chi connectivity index (χ2v) is 5.25. The first-order valence-corrected chi connectivity index (χ1v) is 7.34. The van der Waals surface area contributed by atoms with Gasteiger partial charge >= 0.3 is 0 Å². The summed E-state index contributed by atoms with van der Waals surface area (Å²) in [7, 11) is 0. The van der Waals surface area contributed by atoms with Crippen LogP contribution in [0.1, 0.15) is 49.9 Å². The minimum Gasteiger partial charge on any atom is -0.475 e. The number of unbranched alkanes of at least 4 members (excludes halogenated alkanes) is 1. The van der Waals surface area contributed by atoms with Crippen molar-refractivity contribution >= 4 is 11.6 Å². The van der Waals surface area contributed by atoms with Gasteiger partial charge in [-0.2, -0.15) is 4.98 Å². The van der Waals surface area contributed by atoms with Crippen molar-refractivity contribution in [2.75, 3.05) is 19.8 Å². The van der Waals surface area contributed by atoms with Gasteiger partial charge in [-0.25, -0.2) is 4.98 Å². The molecule has 0 N–H and O–H groups in total. The first-order chi connectivity index (χ1) is 9.22. The van der Waals surface area contributed by atoms with Crippen LogP contribution in [-0.2, 0) is 4.74 Å². The number of hydrogen-bond acceptors (Lipinski definition) is 4. The maximum absolute atomic E-state index is 6.11. The van der Waals surface area contributed by atoms with Crippen molar-refractivity contribution in [2.24, 2.45) is 0 Å². The lowest BCUT2D eigenvalue weighted by molar-refractivity contribution is 0.0961. The highest BCUT2D eigenvalue weighted by atomic mass is 35.5. The molecule has 1 aliphatic rings. The van der Waals surface area contributed by atoms with Crippen molar-refractivity contribution in [3.8, 4) is 5.88 Å². The molecule has 0 atom stereocenters. The minimum absolute atomic E-state index is 0.473. The molecule has 1 aromatic heterocycles. The first kappa shape index (κ1) is 14.5. The van der Waals surface area contributed by atoms with E-state index in [-0.39, 0.29) is 0 Å². The Morgan fingerprint density at radius 1 is 1.21 bits per heavy atom. The predicted octanol–water partition coefficient (Wildman–Crippen LogP) is 3.51.